The lowest BCUT2D eigenvalue weighted by atomic mass is 10.1. The second kappa shape index (κ2) is 4.13. The summed E-state index contributed by atoms with van der Waals surface area (Å²) in [5.41, 5.74) is 0.696. The summed E-state index contributed by atoms with van der Waals surface area (Å²) in [4.78, 5) is 13.6. The van der Waals surface area contributed by atoms with Gasteiger partial charge < -0.3 is 15.0 Å². The summed E-state index contributed by atoms with van der Waals surface area (Å²) in [6.45, 7) is 2.16. The molecule has 0 bridgehead atoms. The van der Waals surface area contributed by atoms with E-state index in [1.165, 1.54) is 0 Å². The van der Waals surface area contributed by atoms with Gasteiger partial charge in [-0.2, -0.15) is 0 Å². The Balaban J connectivity index is 2.22. The molecule has 0 aromatic carbocycles. The minimum Gasteiger partial charge on any atom is -0.378 e. The molecule has 2 heterocycles. The number of ether oxygens (including phenoxy) is 1. The lowest BCUT2D eigenvalue weighted by Gasteiger charge is -2.23. The molecule has 4 nitrogen and oxygen atoms in total. The molecule has 1 atom stereocenters. The monoisotopic (exact) mass is 214 g/mol. The first-order chi connectivity index (χ1) is 6.77. The molecule has 1 saturated heterocycles. The summed E-state index contributed by atoms with van der Waals surface area (Å²) in [5.74, 6) is 0. The number of H-pyrrole nitrogens is 1. The van der Waals surface area contributed by atoms with Crippen molar-refractivity contribution in [2.75, 3.05) is 19.8 Å². The average molecular weight is 215 g/mol. The zero-order valence-electron chi connectivity index (χ0n) is 7.55. The number of aromatic amines is 1. The van der Waals surface area contributed by atoms with E-state index in [4.69, 9.17) is 16.3 Å². The lowest BCUT2D eigenvalue weighted by molar-refractivity contribution is 0.0768. The highest BCUT2D eigenvalue weighted by atomic mass is 35.5. The van der Waals surface area contributed by atoms with Crippen molar-refractivity contribution in [1.29, 1.82) is 0 Å². The van der Waals surface area contributed by atoms with Gasteiger partial charge in [0.1, 0.15) is 5.02 Å². The minimum absolute atomic E-state index is 0.123. The van der Waals surface area contributed by atoms with Crippen molar-refractivity contribution in [3.05, 3.63) is 33.2 Å². The van der Waals surface area contributed by atoms with Crippen LogP contribution in [0, 0.1) is 0 Å². The summed E-state index contributed by atoms with van der Waals surface area (Å²) in [6.07, 6.45) is 1.67. The normalized spacial score (nSPS) is 22.2. The van der Waals surface area contributed by atoms with Crippen LogP contribution >= 0.6 is 11.6 Å². The fourth-order valence-corrected chi connectivity index (χ4v) is 1.63. The van der Waals surface area contributed by atoms with E-state index in [2.05, 4.69) is 10.3 Å². The third kappa shape index (κ3) is 1.97. The molecule has 1 unspecified atom stereocenters. The van der Waals surface area contributed by atoms with Crippen LogP contribution in [0.5, 0.6) is 0 Å². The SMILES string of the molecule is O=c1[nH]cc(C2COCCN2)cc1Cl. The standard InChI is InChI=1S/C9H11ClN2O2/c10-7-3-6(4-12-9(7)13)8-5-14-2-1-11-8/h3-4,8,11H,1-2,5H2,(H,12,13). The quantitative estimate of drug-likeness (QED) is 0.723. The maximum atomic E-state index is 11.0. The largest absolute Gasteiger partial charge is 0.378 e. The van der Waals surface area contributed by atoms with E-state index < -0.39 is 0 Å². The molecule has 1 aromatic heterocycles. The van der Waals surface area contributed by atoms with Gasteiger partial charge >= 0.3 is 0 Å². The summed E-state index contributed by atoms with van der Waals surface area (Å²) >= 11 is 5.72. The zero-order chi connectivity index (χ0) is 9.97. The summed E-state index contributed by atoms with van der Waals surface area (Å²) in [7, 11) is 0. The van der Waals surface area contributed by atoms with Crippen LogP contribution in [0.15, 0.2) is 17.1 Å². The lowest BCUT2D eigenvalue weighted by Crippen LogP contribution is -2.34. The first-order valence-electron chi connectivity index (χ1n) is 4.46. The van der Waals surface area contributed by atoms with Crippen molar-refractivity contribution in [2.45, 2.75) is 6.04 Å². The smallest absolute Gasteiger partial charge is 0.266 e. The van der Waals surface area contributed by atoms with E-state index in [0.717, 1.165) is 18.7 Å². The van der Waals surface area contributed by atoms with Gasteiger partial charge in [-0.3, -0.25) is 4.79 Å². The number of pyridine rings is 1. The van der Waals surface area contributed by atoms with Gasteiger partial charge in [0.2, 0.25) is 0 Å². The summed E-state index contributed by atoms with van der Waals surface area (Å²) < 4.78 is 5.31. The van der Waals surface area contributed by atoms with E-state index in [-0.39, 0.29) is 16.6 Å². The topological polar surface area (TPSA) is 54.1 Å². The molecule has 0 amide bonds. The van der Waals surface area contributed by atoms with Gasteiger partial charge in [0.15, 0.2) is 0 Å². The van der Waals surface area contributed by atoms with Crippen molar-refractivity contribution in [3.8, 4) is 0 Å². The van der Waals surface area contributed by atoms with Crippen LogP contribution in [0.3, 0.4) is 0 Å². The Bertz CT molecular complexity index is 371. The zero-order valence-corrected chi connectivity index (χ0v) is 8.30. The molecule has 0 radical (unpaired) electrons. The number of aromatic nitrogens is 1. The molecule has 0 saturated carbocycles. The molecule has 2 rings (SSSR count). The van der Waals surface area contributed by atoms with E-state index in [0.29, 0.717) is 6.61 Å². The highest BCUT2D eigenvalue weighted by molar-refractivity contribution is 6.30. The van der Waals surface area contributed by atoms with Crippen LogP contribution < -0.4 is 10.9 Å². The number of hydrogen-bond donors (Lipinski definition) is 2. The highest BCUT2D eigenvalue weighted by Crippen LogP contribution is 2.16. The Kier molecular flexibility index (Phi) is 2.86. The number of morpholine rings is 1. The van der Waals surface area contributed by atoms with Gasteiger partial charge in [0.05, 0.1) is 19.3 Å². The Morgan fingerprint density at radius 2 is 2.43 bits per heavy atom. The van der Waals surface area contributed by atoms with Crippen molar-refractivity contribution >= 4 is 11.6 Å². The third-order valence-corrected chi connectivity index (χ3v) is 2.49. The van der Waals surface area contributed by atoms with E-state index in [9.17, 15) is 4.79 Å². The van der Waals surface area contributed by atoms with Crippen molar-refractivity contribution in [2.24, 2.45) is 0 Å². The Morgan fingerprint density at radius 3 is 3.07 bits per heavy atom. The van der Waals surface area contributed by atoms with Crippen LogP contribution in [-0.2, 0) is 4.74 Å². The predicted molar refractivity (Wildman–Crippen MR) is 53.6 cm³/mol. The first-order valence-corrected chi connectivity index (χ1v) is 4.84. The van der Waals surface area contributed by atoms with E-state index in [1.807, 2.05) is 0 Å². The Morgan fingerprint density at radius 1 is 1.57 bits per heavy atom. The van der Waals surface area contributed by atoms with Crippen LogP contribution in [0.25, 0.3) is 0 Å². The molecule has 76 valence electrons. The number of halogens is 1. The fraction of sp³-hybridized carbons (Fsp3) is 0.444. The van der Waals surface area contributed by atoms with Gasteiger partial charge in [-0.25, -0.2) is 0 Å². The maximum Gasteiger partial charge on any atom is 0.266 e. The number of rotatable bonds is 1. The van der Waals surface area contributed by atoms with Gasteiger partial charge in [0, 0.05) is 12.7 Å². The van der Waals surface area contributed by atoms with E-state index in [1.54, 1.807) is 12.3 Å². The second-order valence-corrected chi connectivity index (χ2v) is 3.60. The average Bonchev–Trinajstić information content (AvgIpc) is 2.23. The van der Waals surface area contributed by atoms with Gasteiger partial charge in [-0.05, 0) is 11.6 Å². The highest BCUT2D eigenvalue weighted by Gasteiger charge is 2.15. The van der Waals surface area contributed by atoms with E-state index >= 15 is 0 Å². The van der Waals surface area contributed by atoms with Crippen molar-refractivity contribution in [3.63, 3.8) is 0 Å². The van der Waals surface area contributed by atoms with Crippen LogP contribution in [0.2, 0.25) is 5.02 Å². The molecule has 5 heteroatoms. The fourth-order valence-electron chi connectivity index (χ4n) is 1.45. The molecule has 2 N–H and O–H groups in total. The molecule has 1 aliphatic rings. The second-order valence-electron chi connectivity index (χ2n) is 3.19. The maximum absolute atomic E-state index is 11.0. The van der Waals surface area contributed by atoms with Crippen molar-refractivity contribution < 1.29 is 4.74 Å². The Hall–Kier alpha value is -0.840. The van der Waals surface area contributed by atoms with Gasteiger partial charge in [-0.15, -0.1) is 0 Å². The number of hydrogen-bond acceptors (Lipinski definition) is 3. The molecular weight excluding hydrogens is 204 g/mol. The van der Waals surface area contributed by atoms with Crippen LogP contribution in [-0.4, -0.2) is 24.7 Å². The van der Waals surface area contributed by atoms with Gasteiger partial charge in [0.25, 0.3) is 5.56 Å². The molecule has 14 heavy (non-hydrogen) atoms. The molecule has 1 aromatic rings. The first kappa shape index (κ1) is 9.71. The third-order valence-electron chi connectivity index (χ3n) is 2.20. The molecule has 0 aliphatic carbocycles. The van der Waals surface area contributed by atoms with Gasteiger partial charge in [-0.1, -0.05) is 11.6 Å². The van der Waals surface area contributed by atoms with Crippen molar-refractivity contribution in [1.82, 2.24) is 10.3 Å². The molecule has 1 fully saturated rings. The molecule has 1 aliphatic heterocycles. The number of nitrogens with one attached hydrogen (secondary N) is 2. The van der Waals surface area contributed by atoms with Crippen LogP contribution in [0.4, 0.5) is 0 Å². The molecule has 0 spiro atoms. The van der Waals surface area contributed by atoms with Crippen LogP contribution in [0.1, 0.15) is 11.6 Å². The summed E-state index contributed by atoms with van der Waals surface area (Å²) in [5, 5.41) is 3.49. The minimum atomic E-state index is -0.257. The molecular formula is C9H11ClN2O2. The predicted octanol–water partition coefficient (Wildman–Crippen LogP) is 0.689. The summed E-state index contributed by atoms with van der Waals surface area (Å²) in [6, 6.07) is 1.80. The Labute approximate surface area is 86.2 Å².